The fourth-order valence-corrected chi connectivity index (χ4v) is 2.23. The van der Waals surface area contributed by atoms with E-state index in [1.54, 1.807) is 39.4 Å². The minimum Gasteiger partial charge on any atom is -1.00 e. The number of alkyl halides is 1. The average Bonchev–Trinajstić information content (AvgIpc) is 3.51. The number of carbonyl (C=O) groups is 3. The number of aryl methyl sites for hydroxylation is 2. The first-order valence-corrected chi connectivity index (χ1v) is 11.3. The van der Waals surface area contributed by atoms with E-state index in [0.29, 0.717) is 13.2 Å². The van der Waals surface area contributed by atoms with E-state index in [0.717, 1.165) is 24.5 Å². The molecule has 2 atom stereocenters. The normalized spacial score (nSPS) is 10.4. The van der Waals surface area contributed by atoms with Crippen LogP contribution in [-0.2, 0) is 41.6 Å². The van der Waals surface area contributed by atoms with Gasteiger partial charge < -0.3 is 30.6 Å². The number of aromatic nitrogens is 4. The summed E-state index contributed by atoms with van der Waals surface area (Å²) in [5, 5.41) is 8.43. The maximum atomic E-state index is 11.4. The first-order chi connectivity index (χ1) is 15.7. The Morgan fingerprint density at radius 1 is 1.09 bits per heavy atom. The molecule has 0 amide bonds. The first kappa shape index (κ1) is 42.6. The van der Waals surface area contributed by atoms with Gasteiger partial charge in [-0.15, -0.1) is 0 Å². The predicted molar refractivity (Wildman–Crippen MR) is 124 cm³/mol. The zero-order valence-electron chi connectivity index (χ0n) is 22.9. The van der Waals surface area contributed by atoms with E-state index < -0.39 is 0 Å². The molecule has 0 aliphatic rings. The number of halogens is 1. The fourth-order valence-electron chi connectivity index (χ4n) is 2.10. The number of esters is 2. The number of nitrogens with zero attached hydrogens (tertiary/aromatic N) is 3. The standard InChI is InChI=1S/C10H16N2O2.C5H9BrO2.C5H8N2.CH2O3.2K.H/c1-4-9-11-6-7-12(9)8(3)10(13)14-5-2;1-3-8-5(7)4(2)6;1-2-5-6-3-4-7-5;2-1-4-3;;;/h6-8H,4-5H2,1-3H3;4H,3H2,1-2H3;3-4H,2H2,1H3,(H,6,7);1,3H;;;/q;;;;2*+1;-1/p-1. The molecule has 0 aromatic carbocycles. The van der Waals surface area contributed by atoms with Crippen LogP contribution < -0.4 is 108 Å². The van der Waals surface area contributed by atoms with E-state index in [2.05, 4.69) is 47.4 Å². The van der Waals surface area contributed by atoms with Gasteiger partial charge >= 0.3 is 115 Å². The molecule has 0 aliphatic heterocycles. The van der Waals surface area contributed by atoms with Gasteiger partial charge in [0.1, 0.15) is 22.5 Å². The third kappa shape index (κ3) is 22.3. The molecular weight excluding hydrogens is 578 g/mol. The molecule has 14 heteroatoms. The van der Waals surface area contributed by atoms with Crippen LogP contribution >= 0.6 is 15.9 Å². The van der Waals surface area contributed by atoms with Crippen molar-refractivity contribution < 1.29 is 138 Å². The molecule has 190 valence electrons. The van der Waals surface area contributed by atoms with Crippen LogP contribution in [0.25, 0.3) is 0 Å². The molecular formula is C21H35BrK2N4O7. The van der Waals surface area contributed by atoms with Crippen molar-refractivity contribution in [2.45, 2.75) is 65.3 Å². The van der Waals surface area contributed by atoms with Gasteiger partial charge in [0, 0.05) is 37.6 Å². The first-order valence-electron chi connectivity index (χ1n) is 10.4. The Balaban J connectivity index is -0.000000126. The molecule has 11 nitrogen and oxygen atoms in total. The van der Waals surface area contributed by atoms with Gasteiger partial charge in [-0.3, -0.25) is 9.59 Å². The van der Waals surface area contributed by atoms with Crippen LogP contribution in [-0.4, -0.2) is 56.0 Å². The molecule has 0 fully saturated rings. The Labute approximate surface area is 302 Å². The van der Waals surface area contributed by atoms with Crippen LogP contribution in [0.3, 0.4) is 0 Å². The van der Waals surface area contributed by atoms with Crippen LogP contribution in [0.4, 0.5) is 0 Å². The zero-order chi connectivity index (χ0) is 25.6. The van der Waals surface area contributed by atoms with Gasteiger partial charge in [0.05, 0.1) is 13.2 Å². The van der Waals surface area contributed by atoms with Gasteiger partial charge in [-0.25, -0.2) is 14.8 Å². The average molecular weight is 614 g/mol. The predicted octanol–water partition coefficient (Wildman–Crippen LogP) is -3.57. The number of carbonyl (C=O) groups excluding carboxylic acids is 3. The zero-order valence-corrected chi connectivity index (χ0v) is 29.8. The summed E-state index contributed by atoms with van der Waals surface area (Å²) in [6.07, 6.45) is 8.91. The van der Waals surface area contributed by atoms with Crippen molar-refractivity contribution in [2.75, 3.05) is 13.2 Å². The number of aromatic amines is 1. The van der Waals surface area contributed by atoms with Gasteiger partial charge in [-0.1, -0.05) is 29.8 Å². The van der Waals surface area contributed by atoms with Crippen LogP contribution in [0.1, 0.15) is 60.7 Å². The van der Waals surface area contributed by atoms with E-state index in [1.807, 2.05) is 24.6 Å². The maximum Gasteiger partial charge on any atom is 1.00 e. The molecule has 1 N–H and O–H groups in total. The van der Waals surface area contributed by atoms with E-state index in [9.17, 15) is 9.59 Å². The second kappa shape index (κ2) is 29.1. The van der Waals surface area contributed by atoms with Crippen molar-refractivity contribution in [1.29, 1.82) is 0 Å². The number of imidazole rings is 2. The van der Waals surface area contributed by atoms with Gasteiger partial charge in [0.25, 0.3) is 6.47 Å². The molecule has 35 heavy (non-hydrogen) atoms. The molecule has 0 saturated heterocycles. The van der Waals surface area contributed by atoms with E-state index >= 15 is 0 Å². The Hall–Kier alpha value is 0.543. The molecule has 0 bridgehead atoms. The summed E-state index contributed by atoms with van der Waals surface area (Å²) in [6.45, 7) is 11.9. The summed E-state index contributed by atoms with van der Waals surface area (Å²) in [4.78, 5) is 44.1. The van der Waals surface area contributed by atoms with Gasteiger partial charge in [0.2, 0.25) is 0 Å². The summed E-state index contributed by atoms with van der Waals surface area (Å²) in [7, 11) is 0. The van der Waals surface area contributed by atoms with Crippen molar-refractivity contribution in [3.8, 4) is 0 Å². The van der Waals surface area contributed by atoms with Gasteiger partial charge in [-0.05, 0) is 27.7 Å². The Morgan fingerprint density at radius 2 is 1.63 bits per heavy atom. The van der Waals surface area contributed by atoms with Crippen molar-refractivity contribution in [3.63, 3.8) is 0 Å². The Kier molecular flexibility index (Phi) is 35.4. The summed E-state index contributed by atoms with van der Waals surface area (Å²) in [5.74, 6) is 1.55. The van der Waals surface area contributed by atoms with Crippen molar-refractivity contribution in [1.82, 2.24) is 19.5 Å². The quantitative estimate of drug-likeness (QED) is 0.0798. The molecule has 0 spiro atoms. The number of hydrogen-bond donors (Lipinski definition) is 1. The SMILES string of the molecule is CCOC(=O)C(C)Br.CCOC(=O)C(C)n1ccnc1CC.CCc1ncc[nH]1.O=CO[O-].[H-].[K+].[K+]. The molecule has 2 unspecified atom stereocenters. The summed E-state index contributed by atoms with van der Waals surface area (Å²) < 4.78 is 11.4. The van der Waals surface area contributed by atoms with E-state index in [1.165, 1.54) is 0 Å². The number of rotatable bonds is 8. The number of H-pyrrole nitrogens is 1. The summed E-state index contributed by atoms with van der Waals surface area (Å²) >= 11 is 3.07. The van der Waals surface area contributed by atoms with Crippen molar-refractivity contribution in [2.24, 2.45) is 0 Å². The minimum atomic E-state index is -0.285. The number of hydrogen-bond acceptors (Lipinski definition) is 9. The topological polar surface area (TPSA) is 148 Å². The summed E-state index contributed by atoms with van der Waals surface area (Å²) in [5.41, 5.74) is 0. The second-order valence-corrected chi connectivity index (χ2v) is 7.36. The molecule has 0 saturated carbocycles. The maximum absolute atomic E-state index is 11.4. The van der Waals surface area contributed by atoms with Crippen LogP contribution in [0.5, 0.6) is 0 Å². The largest absolute Gasteiger partial charge is 1.00 e. The number of nitrogens with one attached hydrogen (secondary N) is 1. The molecule has 2 rings (SSSR count). The van der Waals surface area contributed by atoms with E-state index in [-0.39, 0.29) is 133 Å². The molecule has 2 aromatic rings. The van der Waals surface area contributed by atoms with Crippen molar-refractivity contribution >= 4 is 34.3 Å². The fraction of sp³-hybridized carbons (Fsp3) is 0.571. The Bertz CT molecular complexity index is 769. The third-order valence-electron chi connectivity index (χ3n) is 3.65. The molecule has 2 heterocycles. The molecule has 2 aromatic heterocycles. The number of ether oxygens (including phenoxy) is 2. The van der Waals surface area contributed by atoms with Crippen LogP contribution in [0.2, 0.25) is 0 Å². The molecule has 0 radical (unpaired) electrons. The minimum absolute atomic E-state index is 0. The Morgan fingerprint density at radius 3 is 1.94 bits per heavy atom. The van der Waals surface area contributed by atoms with E-state index in [4.69, 9.17) is 14.8 Å². The third-order valence-corrected chi connectivity index (χ3v) is 4.02. The van der Waals surface area contributed by atoms with Gasteiger partial charge in [-0.2, -0.15) is 0 Å². The molecule has 0 aliphatic carbocycles. The summed E-state index contributed by atoms with van der Waals surface area (Å²) in [6, 6.07) is -0.285. The smallest absolute Gasteiger partial charge is 1.00 e. The van der Waals surface area contributed by atoms with Gasteiger partial charge in [0.15, 0.2) is 0 Å². The van der Waals surface area contributed by atoms with Crippen LogP contribution in [0.15, 0.2) is 24.8 Å². The van der Waals surface area contributed by atoms with Crippen LogP contribution in [0, 0.1) is 0 Å². The monoisotopic (exact) mass is 612 g/mol. The second-order valence-electron chi connectivity index (χ2n) is 5.98. The van der Waals surface area contributed by atoms with Crippen molar-refractivity contribution in [3.05, 3.63) is 36.4 Å².